The maximum Gasteiger partial charge on any atom is 0.326 e. The zero-order valence-electron chi connectivity index (χ0n) is 17.5. The molecule has 0 unspecified atom stereocenters. The monoisotopic (exact) mass is 453 g/mol. The van der Waals surface area contributed by atoms with Crippen molar-refractivity contribution in [2.45, 2.75) is 16.7 Å². The van der Waals surface area contributed by atoms with Crippen LogP contribution >= 0.6 is 0 Å². The molecule has 0 saturated heterocycles. The SMILES string of the molecule is CCOC(=O)CN(C(=O)COc1ccc(S(=O)(=O)c2ccccc2)cc1)c1ccccc1. The number of para-hydroxylation sites is 1. The van der Waals surface area contributed by atoms with E-state index < -0.39 is 21.7 Å². The van der Waals surface area contributed by atoms with E-state index in [9.17, 15) is 18.0 Å². The number of nitrogens with zero attached hydrogens (tertiary/aromatic N) is 1. The minimum Gasteiger partial charge on any atom is -0.484 e. The molecule has 0 N–H and O–H groups in total. The second kappa shape index (κ2) is 10.6. The topological polar surface area (TPSA) is 90.0 Å². The Labute approximate surface area is 187 Å². The highest BCUT2D eigenvalue weighted by Gasteiger charge is 2.21. The summed E-state index contributed by atoms with van der Waals surface area (Å²) in [5.74, 6) is -0.639. The van der Waals surface area contributed by atoms with Crippen molar-refractivity contribution < 1.29 is 27.5 Å². The number of anilines is 1. The van der Waals surface area contributed by atoms with Crippen LogP contribution in [0.1, 0.15) is 6.92 Å². The summed E-state index contributed by atoms with van der Waals surface area (Å²) in [6.45, 7) is 1.33. The lowest BCUT2D eigenvalue weighted by Gasteiger charge is -2.22. The van der Waals surface area contributed by atoms with Crippen molar-refractivity contribution >= 4 is 27.4 Å². The van der Waals surface area contributed by atoms with Gasteiger partial charge in [-0.15, -0.1) is 0 Å². The lowest BCUT2D eigenvalue weighted by Crippen LogP contribution is -2.39. The van der Waals surface area contributed by atoms with Crippen LogP contribution in [0.5, 0.6) is 5.75 Å². The molecule has 0 aliphatic carbocycles. The van der Waals surface area contributed by atoms with Crippen LogP contribution in [0.15, 0.2) is 94.7 Å². The predicted molar refractivity (Wildman–Crippen MR) is 119 cm³/mol. The van der Waals surface area contributed by atoms with Gasteiger partial charge in [-0.3, -0.25) is 14.5 Å². The summed E-state index contributed by atoms with van der Waals surface area (Å²) in [6.07, 6.45) is 0. The lowest BCUT2D eigenvalue weighted by molar-refractivity contribution is -0.142. The van der Waals surface area contributed by atoms with Gasteiger partial charge in [0.2, 0.25) is 9.84 Å². The van der Waals surface area contributed by atoms with E-state index in [0.717, 1.165) is 0 Å². The van der Waals surface area contributed by atoms with Crippen LogP contribution in [0.2, 0.25) is 0 Å². The minimum absolute atomic E-state index is 0.121. The molecular formula is C24H23NO6S. The van der Waals surface area contributed by atoms with Crippen molar-refractivity contribution in [1.82, 2.24) is 0 Å². The van der Waals surface area contributed by atoms with Crippen LogP contribution in [-0.2, 0) is 24.2 Å². The Morgan fingerprint density at radius 2 is 1.38 bits per heavy atom. The van der Waals surface area contributed by atoms with Crippen LogP contribution in [0.4, 0.5) is 5.69 Å². The third kappa shape index (κ3) is 5.73. The number of carbonyl (C=O) groups excluding carboxylic acids is 2. The van der Waals surface area contributed by atoms with E-state index in [4.69, 9.17) is 9.47 Å². The van der Waals surface area contributed by atoms with E-state index in [-0.39, 0.29) is 29.5 Å². The van der Waals surface area contributed by atoms with Gasteiger partial charge in [-0.1, -0.05) is 36.4 Å². The zero-order valence-corrected chi connectivity index (χ0v) is 18.3. The molecule has 1 amide bonds. The normalized spacial score (nSPS) is 10.9. The molecular weight excluding hydrogens is 430 g/mol. The second-order valence-electron chi connectivity index (χ2n) is 6.70. The average Bonchev–Trinajstić information content (AvgIpc) is 2.82. The summed E-state index contributed by atoms with van der Waals surface area (Å²) >= 11 is 0. The zero-order chi connectivity index (χ0) is 23.0. The quantitative estimate of drug-likeness (QED) is 0.461. The number of benzene rings is 3. The molecule has 3 rings (SSSR count). The van der Waals surface area contributed by atoms with Gasteiger partial charge in [0.25, 0.3) is 5.91 Å². The molecule has 0 bridgehead atoms. The molecule has 0 aliphatic heterocycles. The maximum absolute atomic E-state index is 12.8. The van der Waals surface area contributed by atoms with E-state index in [0.29, 0.717) is 11.4 Å². The van der Waals surface area contributed by atoms with Gasteiger partial charge in [0.1, 0.15) is 12.3 Å². The van der Waals surface area contributed by atoms with Crippen LogP contribution in [0.25, 0.3) is 0 Å². The molecule has 0 atom stereocenters. The van der Waals surface area contributed by atoms with Crippen LogP contribution in [-0.4, -0.2) is 40.1 Å². The Morgan fingerprint density at radius 1 is 0.812 bits per heavy atom. The number of esters is 1. The van der Waals surface area contributed by atoms with Crippen molar-refractivity contribution in [2.24, 2.45) is 0 Å². The van der Waals surface area contributed by atoms with Crippen molar-refractivity contribution in [3.8, 4) is 5.75 Å². The molecule has 7 nitrogen and oxygen atoms in total. The fourth-order valence-electron chi connectivity index (χ4n) is 2.94. The van der Waals surface area contributed by atoms with Gasteiger partial charge in [-0.05, 0) is 55.5 Å². The first-order valence-corrected chi connectivity index (χ1v) is 11.4. The lowest BCUT2D eigenvalue weighted by atomic mass is 10.3. The van der Waals surface area contributed by atoms with Gasteiger partial charge >= 0.3 is 5.97 Å². The first-order valence-electron chi connectivity index (χ1n) is 9.96. The Bertz CT molecular complexity index is 1150. The smallest absolute Gasteiger partial charge is 0.326 e. The summed E-state index contributed by atoms with van der Waals surface area (Å²) in [6, 6.07) is 22.7. The molecule has 8 heteroatoms. The van der Waals surface area contributed by atoms with Crippen molar-refractivity contribution in [2.75, 3.05) is 24.7 Å². The van der Waals surface area contributed by atoms with E-state index in [2.05, 4.69) is 0 Å². The summed E-state index contributed by atoms with van der Waals surface area (Å²) in [4.78, 5) is 26.3. The van der Waals surface area contributed by atoms with Gasteiger partial charge in [-0.25, -0.2) is 8.42 Å². The van der Waals surface area contributed by atoms with Gasteiger partial charge in [-0.2, -0.15) is 0 Å². The van der Waals surface area contributed by atoms with Gasteiger partial charge in [0.05, 0.1) is 16.4 Å². The minimum atomic E-state index is -3.64. The fraction of sp³-hybridized carbons (Fsp3) is 0.167. The molecule has 3 aromatic rings. The average molecular weight is 454 g/mol. The molecule has 0 saturated carbocycles. The molecule has 0 aromatic heterocycles. The van der Waals surface area contributed by atoms with Crippen LogP contribution in [0.3, 0.4) is 0 Å². The number of ether oxygens (including phenoxy) is 2. The van der Waals surface area contributed by atoms with E-state index in [1.54, 1.807) is 55.5 Å². The molecule has 0 spiro atoms. The number of carbonyl (C=O) groups is 2. The first-order chi connectivity index (χ1) is 15.4. The van der Waals surface area contributed by atoms with Crippen molar-refractivity contribution in [1.29, 1.82) is 0 Å². The highest BCUT2D eigenvalue weighted by atomic mass is 32.2. The van der Waals surface area contributed by atoms with Crippen LogP contribution in [0, 0.1) is 0 Å². The first kappa shape index (κ1) is 23.0. The van der Waals surface area contributed by atoms with Gasteiger partial charge in [0.15, 0.2) is 6.61 Å². The largest absolute Gasteiger partial charge is 0.484 e. The fourth-order valence-corrected chi connectivity index (χ4v) is 4.22. The van der Waals surface area contributed by atoms with E-state index >= 15 is 0 Å². The second-order valence-corrected chi connectivity index (χ2v) is 8.65. The van der Waals surface area contributed by atoms with Crippen molar-refractivity contribution in [3.05, 3.63) is 84.9 Å². The number of hydrogen-bond donors (Lipinski definition) is 0. The molecule has 0 aliphatic rings. The summed E-state index contributed by atoms with van der Waals surface area (Å²) in [7, 11) is -3.64. The third-order valence-corrected chi connectivity index (χ3v) is 6.30. The Morgan fingerprint density at radius 3 is 1.97 bits per heavy atom. The Kier molecular flexibility index (Phi) is 7.62. The number of rotatable bonds is 9. The Hall–Kier alpha value is -3.65. The molecule has 0 fully saturated rings. The Balaban J connectivity index is 1.69. The summed E-state index contributed by atoms with van der Waals surface area (Å²) in [5.41, 5.74) is 0.540. The number of sulfone groups is 1. The van der Waals surface area contributed by atoms with Gasteiger partial charge < -0.3 is 9.47 Å². The highest BCUT2D eigenvalue weighted by molar-refractivity contribution is 7.91. The molecule has 32 heavy (non-hydrogen) atoms. The third-order valence-electron chi connectivity index (χ3n) is 4.51. The van der Waals surface area contributed by atoms with Crippen molar-refractivity contribution in [3.63, 3.8) is 0 Å². The van der Waals surface area contributed by atoms with E-state index in [1.807, 2.05) is 0 Å². The van der Waals surface area contributed by atoms with Crippen LogP contribution < -0.4 is 9.64 Å². The van der Waals surface area contributed by atoms with E-state index in [1.165, 1.54) is 41.3 Å². The molecule has 0 radical (unpaired) electrons. The van der Waals surface area contributed by atoms with Gasteiger partial charge in [0, 0.05) is 5.69 Å². The highest BCUT2D eigenvalue weighted by Crippen LogP contribution is 2.23. The molecule has 3 aromatic carbocycles. The predicted octanol–water partition coefficient (Wildman–Crippen LogP) is 3.49. The molecule has 166 valence electrons. The summed E-state index contributed by atoms with van der Waals surface area (Å²) in [5, 5.41) is 0. The standard InChI is InChI=1S/C24H23NO6S/c1-2-30-24(27)17-25(19-9-5-3-6-10-19)23(26)18-31-20-13-15-22(16-14-20)32(28,29)21-11-7-4-8-12-21/h3-16H,2,17-18H2,1H3. The number of hydrogen-bond acceptors (Lipinski definition) is 6. The maximum atomic E-state index is 12.8. The number of amides is 1. The summed E-state index contributed by atoms with van der Waals surface area (Å²) < 4.78 is 35.8. The molecule has 0 heterocycles.